The Morgan fingerprint density at radius 3 is 2.33 bits per heavy atom. The number of piperidine rings is 1. The van der Waals surface area contributed by atoms with Gasteiger partial charge in [0.2, 0.25) is 10.0 Å². The molecule has 1 fully saturated rings. The average Bonchev–Trinajstić information content (AvgIpc) is 3.14. The van der Waals surface area contributed by atoms with Crippen LogP contribution in [0.25, 0.3) is 0 Å². The zero-order chi connectivity index (χ0) is 19.5. The van der Waals surface area contributed by atoms with E-state index in [1.54, 1.807) is 23.5 Å². The van der Waals surface area contributed by atoms with Crippen molar-refractivity contribution in [1.82, 2.24) is 9.62 Å². The Labute approximate surface area is 167 Å². The minimum atomic E-state index is -3.44. The summed E-state index contributed by atoms with van der Waals surface area (Å²) in [5.41, 5.74) is 1.16. The molecule has 4 nitrogen and oxygen atoms in total. The molecule has 0 bridgehead atoms. The van der Waals surface area contributed by atoms with Gasteiger partial charge in [0.15, 0.2) is 0 Å². The van der Waals surface area contributed by atoms with Gasteiger partial charge in [-0.2, -0.15) is 0 Å². The molecule has 0 spiro atoms. The number of sulfonamides is 1. The third-order valence-corrected chi connectivity index (χ3v) is 7.56. The maximum absolute atomic E-state index is 12.6. The van der Waals surface area contributed by atoms with Crippen molar-refractivity contribution >= 4 is 21.4 Å². The predicted molar refractivity (Wildman–Crippen MR) is 113 cm³/mol. The molecule has 2 aromatic rings. The van der Waals surface area contributed by atoms with Gasteiger partial charge in [0.25, 0.3) is 0 Å². The molecule has 2 heterocycles. The van der Waals surface area contributed by atoms with Gasteiger partial charge in [-0.1, -0.05) is 39.0 Å². The first kappa shape index (κ1) is 20.5. The second-order valence-corrected chi connectivity index (χ2v) is 11.2. The fraction of sp³-hybridized carbons (Fsp3) is 0.524. The highest BCUT2D eigenvalue weighted by Crippen LogP contribution is 2.24. The van der Waals surface area contributed by atoms with E-state index < -0.39 is 10.0 Å². The highest BCUT2D eigenvalue weighted by atomic mass is 32.2. The number of hydrogen-bond acceptors (Lipinski definition) is 4. The monoisotopic (exact) mass is 406 g/mol. The molecule has 3 rings (SSSR count). The Kier molecular flexibility index (Phi) is 6.41. The Morgan fingerprint density at radius 2 is 1.78 bits per heavy atom. The van der Waals surface area contributed by atoms with Gasteiger partial charge in [-0.05, 0) is 66.4 Å². The van der Waals surface area contributed by atoms with Crippen LogP contribution in [0.2, 0.25) is 0 Å². The summed E-state index contributed by atoms with van der Waals surface area (Å²) in [5.74, 6) is 0.410. The summed E-state index contributed by atoms with van der Waals surface area (Å²) in [7, 11) is -3.44. The van der Waals surface area contributed by atoms with Gasteiger partial charge in [-0.3, -0.25) is 4.90 Å². The molecule has 0 radical (unpaired) electrons. The molecule has 1 aromatic heterocycles. The number of hydrogen-bond donors (Lipinski definition) is 1. The van der Waals surface area contributed by atoms with E-state index in [0.29, 0.717) is 17.4 Å². The highest BCUT2D eigenvalue weighted by Gasteiger charge is 2.22. The van der Waals surface area contributed by atoms with Gasteiger partial charge in [-0.25, -0.2) is 13.1 Å². The van der Waals surface area contributed by atoms with E-state index in [2.05, 4.69) is 47.9 Å². The van der Waals surface area contributed by atoms with Crippen LogP contribution >= 0.6 is 11.3 Å². The molecule has 1 aromatic carbocycles. The topological polar surface area (TPSA) is 49.4 Å². The lowest BCUT2D eigenvalue weighted by atomic mass is 9.87. The van der Waals surface area contributed by atoms with E-state index in [1.165, 1.54) is 4.88 Å². The molecule has 6 heteroatoms. The molecular formula is C21H30N2O2S2. The van der Waals surface area contributed by atoms with Gasteiger partial charge >= 0.3 is 0 Å². The van der Waals surface area contributed by atoms with E-state index in [0.717, 1.165) is 38.0 Å². The van der Waals surface area contributed by atoms with Gasteiger partial charge in [0.1, 0.15) is 0 Å². The number of likely N-dealkylation sites (tertiary alicyclic amines) is 1. The second-order valence-electron chi connectivity index (χ2n) is 8.43. The first-order chi connectivity index (χ1) is 12.7. The molecule has 1 aliphatic heterocycles. The average molecular weight is 407 g/mol. The van der Waals surface area contributed by atoms with Gasteiger partial charge in [0, 0.05) is 18.0 Å². The number of nitrogens with zero attached hydrogens (tertiary/aromatic N) is 1. The third kappa shape index (κ3) is 5.64. The van der Waals surface area contributed by atoms with Crippen LogP contribution in [0.4, 0.5) is 0 Å². The Balaban J connectivity index is 1.49. The minimum Gasteiger partial charge on any atom is -0.298 e. The second kappa shape index (κ2) is 8.43. The van der Waals surface area contributed by atoms with Crippen molar-refractivity contribution in [2.24, 2.45) is 5.92 Å². The van der Waals surface area contributed by atoms with Crippen molar-refractivity contribution in [3.63, 3.8) is 0 Å². The van der Waals surface area contributed by atoms with Crippen molar-refractivity contribution in [1.29, 1.82) is 0 Å². The van der Waals surface area contributed by atoms with E-state index in [4.69, 9.17) is 0 Å². The Morgan fingerprint density at radius 1 is 1.11 bits per heavy atom. The van der Waals surface area contributed by atoms with Crippen molar-refractivity contribution < 1.29 is 8.42 Å². The molecule has 0 amide bonds. The van der Waals surface area contributed by atoms with Crippen molar-refractivity contribution in [2.45, 2.75) is 50.5 Å². The summed E-state index contributed by atoms with van der Waals surface area (Å²) >= 11 is 1.80. The number of nitrogens with one attached hydrogen (secondary N) is 1. The summed E-state index contributed by atoms with van der Waals surface area (Å²) in [6.07, 6.45) is 2.08. The zero-order valence-corrected chi connectivity index (χ0v) is 18.1. The summed E-state index contributed by atoms with van der Waals surface area (Å²) < 4.78 is 28.0. The Bertz CT molecular complexity index is 814. The van der Waals surface area contributed by atoms with Crippen LogP contribution in [-0.4, -0.2) is 33.0 Å². The fourth-order valence-corrected chi connectivity index (χ4v) is 5.28. The number of benzene rings is 1. The predicted octanol–water partition coefficient (Wildman–Crippen LogP) is 4.24. The summed E-state index contributed by atoms with van der Waals surface area (Å²) in [4.78, 5) is 4.21. The zero-order valence-electron chi connectivity index (χ0n) is 16.4. The Hall–Kier alpha value is -1.21. The molecule has 0 aliphatic carbocycles. The van der Waals surface area contributed by atoms with Crippen LogP contribution in [0.1, 0.15) is 44.1 Å². The molecule has 148 valence electrons. The maximum Gasteiger partial charge on any atom is 0.240 e. The highest BCUT2D eigenvalue weighted by molar-refractivity contribution is 7.89. The van der Waals surface area contributed by atoms with Crippen molar-refractivity contribution in [3.05, 3.63) is 52.2 Å². The molecule has 0 saturated carbocycles. The molecule has 1 aliphatic rings. The molecular weight excluding hydrogens is 376 g/mol. The lowest BCUT2D eigenvalue weighted by Crippen LogP contribution is -2.38. The van der Waals surface area contributed by atoms with Crippen LogP contribution in [-0.2, 0) is 22.0 Å². The standard InChI is InChI=1S/C21H30N2O2S2/c1-21(2,3)18-6-8-20(9-7-18)27(24,25)22-15-17-10-12-23(13-11-17)16-19-5-4-14-26-19/h4-9,14,17,22H,10-13,15-16H2,1-3H3. The molecule has 0 atom stereocenters. The lowest BCUT2D eigenvalue weighted by Gasteiger charge is -2.31. The smallest absolute Gasteiger partial charge is 0.240 e. The van der Waals surface area contributed by atoms with Crippen LogP contribution < -0.4 is 4.72 Å². The molecule has 0 unspecified atom stereocenters. The maximum atomic E-state index is 12.6. The first-order valence-electron chi connectivity index (χ1n) is 9.59. The van der Waals surface area contributed by atoms with Gasteiger partial charge in [-0.15, -0.1) is 11.3 Å². The fourth-order valence-electron chi connectivity index (χ4n) is 3.42. The number of rotatable bonds is 6. The van der Waals surface area contributed by atoms with Crippen molar-refractivity contribution in [3.8, 4) is 0 Å². The van der Waals surface area contributed by atoms with Gasteiger partial charge < -0.3 is 0 Å². The third-order valence-electron chi connectivity index (χ3n) is 5.26. The van der Waals surface area contributed by atoms with E-state index in [9.17, 15) is 8.42 Å². The lowest BCUT2D eigenvalue weighted by molar-refractivity contribution is 0.180. The summed E-state index contributed by atoms with van der Waals surface area (Å²) in [6, 6.07) is 11.5. The first-order valence-corrected chi connectivity index (χ1v) is 12.0. The quantitative estimate of drug-likeness (QED) is 0.781. The van der Waals surface area contributed by atoms with E-state index >= 15 is 0 Å². The van der Waals surface area contributed by atoms with Gasteiger partial charge in [0.05, 0.1) is 4.90 Å². The largest absolute Gasteiger partial charge is 0.298 e. The summed E-state index contributed by atoms with van der Waals surface area (Å²) in [6.45, 7) is 9.97. The molecule has 1 saturated heterocycles. The van der Waals surface area contributed by atoms with Crippen molar-refractivity contribution in [2.75, 3.05) is 19.6 Å². The minimum absolute atomic E-state index is 0.0206. The normalized spacial score (nSPS) is 17.3. The summed E-state index contributed by atoms with van der Waals surface area (Å²) in [5, 5.41) is 2.12. The SMILES string of the molecule is CC(C)(C)c1ccc(S(=O)(=O)NCC2CCN(Cc3cccs3)CC2)cc1. The van der Waals surface area contributed by atoms with Crippen LogP contribution in [0.15, 0.2) is 46.7 Å². The molecule has 1 N–H and O–H groups in total. The van der Waals surface area contributed by atoms with E-state index in [1.807, 2.05) is 12.1 Å². The number of thiophene rings is 1. The van der Waals surface area contributed by atoms with Crippen LogP contribution in [0.5, 0.6) is 0 Å². The van der Waals surface area contributed by atoms with Crippen LogP contribution in [0.3, 0.4) is 0 Å². The van der Waals surface area contributed by atoms with E-state index in [-0.39, 0.29) is 5.41 Å². The molecule has 27 heavy (non-hydrogen) atoms. The van der Waals surface area contributed by atoms with Crippen LogP contribution in [0, 0.1) is 5.92 Å².